The molecule has 0 saturated heterocycles. The fraction of sp³-hybridized carbons (Fsp3) is 0.235. The lowest BCUT2D eigenvalue weighted by atomic mass is 10.1. The topological polar surface area (TPSA) is 50.4 Å². The highest BCUT2D eigenvalue weighted by atomic mass is 16.7. The largest absolute Gasteiger partial charge is 0.338 e. The van der Waals surface area contributed by atoms with E-state index in [1.54, 1.807) is 0 Å². The number of rotatable bonds is 6. The second kappa shape index (κ2) is 8.07. The number of aryl methyl sites for hydroxylation is 1. The van der Waals surface area contributed by atoms with Crippen LogP contribution in [-0.4, -0.2) is 12.6 Å². The third-order valence-corrected chi connectivity index (χ3v) is 3.03. The summed E-state index contributed by atoms with van der Waals surface area (Å²) >= 11 is 0. The first-order chi connectivity index (χ1) is 10.2. The van der Waals surface area contributed by atoms with Crippen LogP contribution in [-0.2, 0) is 17.9 Å². The van der Waals surface area contributed by atoms with Crippen molar-refractivity contribution in [1.29, 1.82) is 0 Å². The minimum Gasteiger partial charge on any atom is -0.336 e. The lowest BCUT2D eigenvalue weighted by Gasteiger charge is -2.08. The van der Waals surface area contributed by atoms with Crippen LogP contribution in [0.15, 0.2) is 54.6 Å². The molecule has 0 aliphatic heterocycles. The lowest BCUT2D eigenvalue weighted by Crippen LogP contribution is -2.36. The van der Waals surface area contributed by atoms with Crippen molar-refractivity contribution in [3.63, 3.8) is 0 Å². The van der Waals surface area contributed by atoms with Crippen LogP contribution in [0, 0.1) is 6.92 Å². The van der Waals surface area contributed by atoms with Gasteiger partial charge in [0.1, 0.15) is 0 Å². The molecule has 0 heterocycles. The van der Waals surface area contributed by atoms with E-state index in [9.17, 15) is 4.79 Å². The highest BCUT2D eigenvalue weighted by Crippen LogP contribution is 2.03. The van der Waals surface area contributed by atoms with E-state index in [0.29, 0.717) is 13.2 Å². The zero-order valence-electron chi connectivity index (χ0n) is 12.1. The quantitative estimate of drug-likeness (QED) is 0.801. The summed E-state index contributed by atoms with van der Waals surface area (Å²) in [5.41, 5.74) is 5.82. The van der Waals surface area contributed by atoms with Crippen LogP contribution in [0.25, 0.3) is 0 Å². The molecule has 2 N–H and O–H groups in total. The van der Waals surface area contributed by atoms with Gasteiger partial charge in [-0.3, -0.25) is 4.84 Å². The first-order valence-corrected chi connectivity index (χ1v) is 6.99. The van der Waals surface area contributed by atoms with E-state index in [2.05, 4.69) is 35.9 Å². The second-order valence-electron chi connectivity index (χ2n) is 4.87. The van der Waals surface area contributed by atoms with Gasteiger partial charge in [-0.15, -0.1) is 0 Å². The van der Waals surface area contributed by atoms with Crippen molar-refractivity contribution in [2.75, 3.05) is 6.54 Å². The lowest BCUT2D eigenvalue weighted by molar-refractivity contribution is 0.0492. The molecule has 0 bridgehead atoms. The second-order valence-corrected chi connectivity index (χ2v) is 4.87. The van der Waals surface area contributed by atoms with Gasteiger partial charge in [0.25, 0.3) is 0 Å². The molecule has 0 aromatic heterocycles. The summed E-state index contributed by atoms with van der Waals surface area (Å²) in [5.74, 6) is 0. The van der Waals surface area contributed by atoms with Crippen LogP contribution in [0.4, 0.5) is 4.79 Å². The van der Waals surface area contributed by atoms with Crippen molar-refractivity contribution < 1.29 is 9.63 Å². The van der Waals surface area contributed by atoms with Crippen LogP contribution < -0.4 is 10.8 Å². The summed E-state index contributed by atoms with van der Waals surface area (Å²) in [6, 6.07) is 17.6. The fourth-order valence-electron chi connectivity index (χ4n) is 1.98. The molecule has 2 amide bonds. The number of amides is 2. The Hall–Kier alpha value is -2.33. The van der Waals surface area contributed by atoms with E-state index in [-0.39, 0.29) is 6.03 Å². The minimum absolute atomic E-state index is 0.321. The molecule has 0 atom stereocenters. The number of urea groups is 1. The first-order valence-electron chi connectivity index (χ1n) is 6.99. The van der Waals surface area contributed by atoms with Crippen molar-refractivity contribution >= 4 is 6.03 Å². The monoisotopic (exact) mass is 284 g/mol. The molecule has 0 radical (unpaired) electrons. The molecular weight excluding hydrogens is 264 g/mol. The Morgan fingerprint density at radius 1 is 1.05 bits per heavy atom. The maximum Gasteiger partial charge on any atom is 0.338 e. The van der Waals surface area contributed by atoms with Crippen molar-refractivity contribution in [3.8, 4) is 0 Å². The van der Waals surface area contributed by atoms with Crippen molar-refractivity contribution in [1.82, 2.24) is 10.8 Å². The van der Waals surface area contributed by atoms with Gasteiger partial charge in [-0.25, -0.2) is 10.3 Å². The van der Waals surface area contributed by atoms with Gasteiger partial charge in [0, 0.05) is 6.54 Å². The van der Waals surface area contributed by atoms with Crippen molar-refractivity contribution in [2.24, 2.45) is 0 Å². The van der Waals surface area contributed by atoms with Crippen molar-refractivity contribution in [2.45, 2.75) is 20.0 Å². The van der Waals surface area contributed by atoms with Crippen LogP contribution >= 0.6 is 0 Å². The van der Waals surface area contributed by atoms with Crippen LogP contribution in [0.3, 0.4) is 0 Å². The summed E-state index contributed by atoms with van der Waals surface area (Å²) in [6.07, 6.45) is 0.799. The molecule has 0 fully saturated rings. The third kappa shape index (κ3) is 5.67. The van der Waals surface area contributed by atoms with Crippen LogP contribution in [0.1, 0.15) is 16.7 Å². The molecule has 0 aliphatic rings. The molecule has 110 valence electrons. The molecule has 0 spiro atoms. The average Bonchev–Trinajstić information content (AvgIpc) is 2.48. The number of nitrogens with one attached hydrogen (secondary N) is 2. The van der Waals surface area contributed by atoms with E-state index < -0.39 is 0 Å². The summed E-state index contributed by atoms with van der Waals surface area (Å²) in [7, 11) is 0. The molecule has 0 unspecified atom stereocenters. The number of carbonyl (C=O) groups is 1. The van der Waals surface area contributed by atoms with E-state index >= 15 is 0 Å². The van der Waals surface area contributed by atoms with Gasteiger partial charge < -0.3 is 5.32 Å². The number of hydrogen-bond donors (Lipinski definition) is 2. The third-order valence-electron chi connectivity index (χ3n) is 3.03. The average molecular weight is 284 g/mol. The van der Waals surface area contributed by atoms with Gasteiger partial charge in [-0.2, -0.15) is 0 Å². The van der Waals surface area contributed by atoms with Crippen molar-refractivity contribution in [3.05, 3.63) is 71.3 Å². The molecule has 2 aromatic rings. The van der Waals surface area contributed by atoms with Gasteiger partial charge >= 0.3 is 6.03 Å². The standard InChI is InChI=1S/C17H20N2O2/c1-14-6-5-9-15(12-14)10-11-18-17(20)19-21-13-16-7-3-2-4-8-16/h2-9,12H,10-11,13H2,1H3,(H2,18,19,20). The van der Waals surface area contributed by atoms with Crippen LogP contribution in [0.2, 0.25) is 0 Å². The summed E-state index contributed by atoms with van der Waals surface area (Å²) in [6.45, 7) is 2.98. The Morgan fingerprint density at radius 2 is 1.81 bits per heavy atom. The Morgan fingerprint density at radius 3 is 2.57 bits per heavy atom. The van der Waals surface area contributed by atoms with E-state index in [1.165, 1.54) is 11.1 Å². The van der Waals surface area contributed by atoms with Gasteiger partial charge in [-0.1, -0.05) is 60.2 Å². The molecule has 4 heteroatoms. The van der Waals surface area contributed by atoms with E-state index in [1.807, 2.05) is 36.4 Å². The molecule has 2 rings (SSSR count). The number of benzene rings is 2. The molecule has 21 heavy (non-hydrogen) atoms. The van der Waals surface area contributed by atoms with Crippen LogP contribution in [0.5, 0.6) is 0 Å². The Kier molecular flexibility index (Phi) is 5.79. The Balaban J connectivity index is 1.61. The highest BCUT2D eigenvalue weighted by Gasteiger charge is 2.00. The SMILES string of the molecule is Cc1cccc(CCNC(=O)NOCc2ccccc2)c1. The Labute approximate surface area is 125 Å². The molecule has 4 nitrogen and oxygen atoms in total. The molecular formula is C17H20N2O2. The maximum absolute atomic E-state index is 11.5. The molecule has 0 aliphatic carbocycles. The molecule has 0 saturated carbocycles. The van der Waals surface area contributed by atoms with Gasteiger partial charge in [0.2, 0.25) is 0 Å². The zero-order chi connectivity index (χ0) is 14.9. The highest BCUT2D eigenvalue weighted by molar-refractivity contribution is 5.72. The van der Waals surface area contributed by atoms with Gasteiger partial charge in [0.15, 0.2) is 0 Å². The summed E-state index contributed by atoms with van der Waals surface area (Å²) < 4.78 is 0. The van der Waals surface area contributed by atoms with E-state index in [4.69, 9.17) is 4.84 Å². The predicted molar refractivity (Wildman–Crippen MR) is 82.6 cm³/mol. The van der Waals surface area contributed by atoms with Gasteiger partial charge in [0.05, 0.1) is 6.61 Å². The zero-order valence-corrected chi connectivity index (χ0v) is 12.1. The number of hydroxylamine groups is 1. The normalized spacial score (nSPS) is 10.1. The van der Waals surface area contributed by atoms with Gasteiger partial charge in [-0.05, 0) is 24.5 Å². The summed E-state index contributed by atoms with van der Waals surface area (Å²) in [4.78, 5) is 16.7. The summed E-state index contributed by atoms with van der Waals surface area (Å²) in [5, 5.41) is 2.76. The number of carbonyl (C=O) groups excluding carboxylic acids is 1. The maximum atomic E-state index is 11.5. The predicted octanol–water partition coefficient (Wildman–Crippen LogP) is 2.97. The first kappa shape index (κ1) is 15.1. The fourth-order valence-corrected chi connectivity index (χ4v) is 1.98. The molecule has 2 aromatic carbocycles. The Bertz CT molecular complexity index is 570. The smallest absolute Gasteiger partial charge is 0.336 e. The minimum atomic E-state index is -0.321. The number of hydrogen-bond acceptors (Lipinski definition) is 2. The van der Waals surface area contributed by atoms with E-state index in [0.717, 1.165) is 12.0 Å².